The van der Waals surface area contributed by atoms with Crippen LogP contribution >= 0.6 is 0 Å². The van der Waals surface area contributed by atoms with Gasteiger partial charge in [-0.25, -0.2) is 4.39 Å². The van der Waals surface area contributed by atoms with Crippen molar-refractivity contribution in [2.45, 2.75) is 57.8 Å². The minimum Gasteiger partial charge on any atom is -0.508 e. The molecule has 0 spiro atoms. The lowest BCUT2D eigenvalue weighted by Crippen LogP contribution is -2.22. The van der Waals surface area contributed by atoms with Crippen LogP contribution in [0.25, 0.3) is 22.4 Å². The monoisotopic (exact) mass is 590 g/mol. The second kappa shape index (κ2) is 13.5. The quantitative estimate of drug-likeness (QED) is 0.0911. The molecule has 0 aliphatic heterocycles. The second-order valence-corrected chi connectivity index (χ2v) is 10.7. The molecule has 9 nitrogen and oxygen atoms in total. The predicted molar refractivity (Wildman–Crippen MR) is 161 cm³/mol. The van der Waals surface area contributed by atoms with Gasteiger partial charge in [0.15, 0.2) is 0 Å². The summed E-state index contributed by atoms with van der Waals surface area (Å²) in [6.07, 6.45) is -2.77. The van der Waals surface area contributed by atoms with E-state index in [0.717, 1.165) is 6.07 Å². The first kappa shape index (κ1) is 31.3. The van der Waals surface area contributed by atoms with Gasteiger partial charge in [0.2, 0.25) is 0 Å². The zero-order valence-electron chi connectivity index (χ0n) is 23.9. The molecule has 2 atom stereocenters. The maximum absolute atomic E-state index is 14.1. The normalized spacial score (nSPS) is 12.7. The van der Waals surface area contributed by atoms with Crippen LogP contribution in [-0.2, 0) is 11.3 Å². The fourth-order valence-corrected chi connectivity index (χ4v) is 5.30. The molecule has 0 unspecified atom stereocenters. The Hall–Kier alpha value is -4.67. The summed E-state index contributed by atoms with van der Waals surface area (Å²) in [7, 11) is 0. The Morgan fingerprint density at radius 1 is 0.907 bits per heavy atom. The molecule has 226 valence electrons. The van der Waals surface area contributed by atoms with Gasteiger partial charge in [0.1, 0.15) is 17.3 Å². The molecule has 3 aromatic carbocycles. The minimum atomic E-state index is -1.22. The van der Waals surface area contributed by atoms with E-state index in [1.165, 1.54) is 24.3 Å². The highest BCUT2D eigenvalue weighted by Crippen LogP contribution is 2.43. The second-order valence-electron chi connectivity index (χ2n) is 10.7. The number of nitrogens with zero attached hydrogens (tertiary/aromatic N) is 1. The van der Waals surface area contributed by atoms with E-state index in [0.29, 0.717) is 33.6 Å². The number of aromatic nitrogens is 1. The van der Waals surface area contributed by atoms with Gasteiger partial charge in [-0.1, -0.05) is 44.2 Å². The maximum atomic E-state index is 14.1. The van der Waals surface area contributed by atoms with Crippen molar-refractivity contribution in [2.75, 3.05) is 5.32 Å². The van der Waals surface area contributed by atoms with E-state index in [1.807, 2.05) is 48.7 Å². The van der Waals surface area contributed by atoms with Crippen LogP contribution in [0.5, 0.6) is 11.5 Å². The molecule has 6 N–H and O–H groups in total. The van der Waals surface area contributed by atoms with Crippen LogP contribution in [0.15, 0.2) is 72.8 Å². The van der Waals surface area contributed by atoms with Gasteiger partial charge >= 0.3 is 5.97 Å². The third-order valence-electron chi connectivity index (χ3n) is 7.13. The zero-order chi connectivity index (χ0) is 31.3. The molecule has 1 aromatic heterocycles. The Morgan fingerprint density at radius 2 is 1.58 bits per heavy atom. The number of aromatic hydroxyl groups is 2. The summed E-state index contributed by atoms with van der Waals surface area (Å²) in [6.45, 7) is 4.02. The van der Waals surface area contributed by atoms with Crippen molar-refractivity contribution in [3.63, 3.8) is 0 Å². The van der Waals surface area contributed by atoms with Crippen molar-refractivity contribution in [1.82, 2.24) is 4.57 Å². The van der Waals surface area contributed by atoms with Gasteiger partial charge in [-0.2, -0.15) is 0 Å². The molecule has 1 heterocycles. The van der Waals surface area contributed by atoms with Crippen LogP contribution in [0.1, 0.15) is 55.1 Å². The molecular formula is C33H35FN2O7. The lowest BCUT2D eigenvalue weighted by molar-refractivity contribution is -0.139. The number of phenols is 2. The third-order valence-corrected chi connectivity index (χ3v) is 7.13. The number of phenolic OH excluding ortho intramolecular Hbond substituents is 2. The average molecular weight is 591 g/mol. The number of carbonyl (C=O) groups is 2. The number of hydrogen-bond acceptors (Lipinski definition) is 6. The Bertz CT molecular complexity index is 1580. The summed E-state index contributed by atoms with van der Waals surface area (Å²) in [6, 6.07) is 18.9. The van der Waals surface area contributed by atoms with Crippen molar-refractivity contribution in [3.05, 3.63) is 89.9 Å². The lowest BCUT2D eigenvalue weighted by Gasteiger charge is -2.20. The number of amides is 1. The summed E-state index contributed by atoms with van der Waals surface area (Å²) in [5, 5.41) is 52.6. The number of carbonyl (C=O) groups excluding carboxylic acids is 1. The van der Waals surface area contributed by atoms with Crippen molar-refractivity contribution in [2.24, 2.45) is 0 Å². The lowest BCUT2D eigenvalue weighted by atomic mass is 9.94. The molecular weight excluding hydrogens is 555 g/mol. The van der Waals surface area contributed by atoms with Gasteiger partial charge in [0.05, 0.1) is 35.6 Å². The summed E-state index contributed by atoms with van der Waals surface area (Å²) < 4.78 is 15.9. The molecule has 0 radical (unpaired) electrons. The summed E-state index contributed by atoms with van der Waals surface area (Å²) in [5.74, 6) is -2.84. The van der Waals surface area contributed by atoms with Crippen molar-refractivity contribution in [1.29, 1.82) is 0 Å². The fraction of sp³-hybridized carbons (Fsp3) is 0.273. The van der Waals surface area contributed by atoms with E-state index in [2.05, 4.69) is 5.32 Å². The van der Waals surface area contributed by atoms with Gasteiger partial charge in [-0.05, 0) is 66.3 Å². The zero-order valence-corrected chi connectivity index (χ0v) is 23.9. The van der Waals surface area contributed by atoms with Gasteiger partial charge < -0.3 is 35.4 Å². The number of anilines is 1. The highest BCUT2D eigenvalue weighted by atomic mass is 19.1. The van der Waals surface area contributed by atoms with E-state index in [1.54, 1.807) is 12.1 Å². The molecule has 4 rings (SSSR count). The largest absolute Gasteiger partial charge is 0.508 e. The molecule has 0 bridgehead atoms. The minimum absolute atomic E-state index is 0.0930. The smallest absolute Gasteiger partial charge is 0.305 e. The van der Waals surface area contributed by atoms with Crippen LogP contribution < -0.4 is 5.32 Å². The molecule has 0 saturated heterocycles. The molecule has 0 saturated carbocycles. The number of nitrogens with one attached hydrogen (secondary N) is 1. The number of rotatable bonds is 12. The molecule has 0 aliphatic rings. The Kier molecular flexibility index (Phi) is 9.84. The Morgan fingerprint density at radius 3 is 2.19 bits per heavy atom. The Balaban J connectivity index is 1.91. The number of carboxylic acid groups (broad SMARTS) is 1. The fourth-order valence-electron chi connectivity index (χ4n) is 5.30. The first-order valence-electron chi connectivity index (χ1n) is 13.9. The standard InChI is InChI=1S/C33H35FN2O7/c1-19(2)31-30(33(43)35-26-13-12-23(37)17-27(26)40)29(20-6-4-3-5-7-20)32(21-8-10-22(34)11-9-21)36(31)15-14-24(38)16-25(39)18-28(41)42/h3-13,17,19,24-25,37-40H,14-16,18H2,1-2H3,(H,35,43)(H,41,42)/t24-,25-/m1/s1. The van der Waals surface area contributed by atoms with E-state index >= 15 is 0 Å². The van der Waals surface area contributed by atoms with Crippen molar-refractivity contribution < 1.29 is 39.5 Å². The topological polar surface area (TPSA) is 152 Å². The number of hydrogen-bond donors (Lipinski definition) is 6. The molecule has 10 heteroatoms. The molecule has 1 amide bonds. The number of aliphatic carboxylic acids is 1. The van der Waals surface area contributed by atoms with Crippen molar-refractivity contribution in [3.8, 4) is 33.9 Å². The number of halogens is 1. The highest BCUT2D eigenvalue weighted by molar-refractivity contribution is 6.13. The number of carboxylic acids is 1. The SMILES string of the molecule is CC(C)c1c(C(=O)Nc2ccc(O)cc2O)c(-c2ccccc2)c(-c2ccc(F)cc2)n1CC[C@@H](O)C[C@@H](O)CC(=O)O. The Labute approximate surface area is 248 Å². The molecule has 43 heavy (non-hydrogen) atoms. The predicted octanol–water partition coefficient (Wildman–Crippen LogP) is 5.72. The number of benzene rings is 3. The van der Waals surface area contributed by atoms with Gasteiger partial charge in [-0.15, -0.1) is 0 Å². The van der Waals surface area contributed by atoms with Gasteiger partial charge in [0, 0.05) is 23.9 Å². The van der Waals surface area contributed by atoms with Crippen LogP contribution in [0.3, 0.4) is 0 Å². The molecule has 4 aromatic rings. The number of aliphatic hydroxyl groups is 2. The molecule has 0 aliphatic carbocycles. The third kappa shape index (κ3) is 7.40. The highest BCUT2D eigenvalue weighted by Gasteiger charge is 2.31. The first-order chi connectivity index (χ1) is 20.5. The van der Waals surface area contributed by atoms with Gasteiger partial charge in [0.25, 0.3) is 5.91 Å². The molecule has 0 fully saturated rings. The van der Waals surface area contributed by atoms with E-state index in [4.69, 9.17) is 5.11 Å². The van der Waals surface area contributed by atoms with E-state index in [-0.39, 0.29) is 42.5 Å². The first-order valence-corrected chi connectivity index (χ1v) is 13.9. The maximum Gasteiger partial charge on any atom is 0.305 e. The average Bonchev–Trinajstić information content (AvgIpc) is 3.29. The summed E-state index contributed by atoms with van der Waals surface area (Å²) in [5.41, 5.74) is 3.52. The van der Waals surface area contributed by atoms with Crippen LogP contribution in [0.2, 0.25) is 0 Å². The van der Waals surface area contributed by atoms with Crippen LogP contribution in [0.4, 0.5) is 10.1 Å². The van der Waals surface area contributed by atoms with Crippen molar-refractivity contribution >= 4 is 17.6 Å². The van der Waals surface area contributed by atoms with Crippen LogP contribution in [-0.4, -0.2) is 54.2 Å². The summed E-state index contributed by atoms with van der Waals surface area (Å²) >= 11 is 0. The van der Waals surface area contributed by atoms with Crippen LogP contribution in [0, 0.1) is 5.82 Å². The summed E-state index contributed by atoms with van der Waals surface area (Å²) in [4.78, 5) is 25.1. The van der Waals surface area contributed by atoms with E-state index in [9.17, 15) is 34.4 Å². The number of aliphatic hydroxyl groups excluding tert-OH is 2. The van der Waals surface area contributed by atoms with E-state index < -0.39 is 36.3 Å². The van der Waals surface area contributed by atoms with Gasteiger partial charge in [-0.3, -0.25) is 9.59 Å².